The SMILES string of the molecule is CCOC(=O)N1CCN(S(=O)(=O)c2ccc(OCC)c(NC(=O)CC)c2)CC1. The normalized spacial score (nSPS) is 15.2. The van der Waals surface area contributed by atoms with Gasteiger partial charge in [-0.25, -0.2) is 13.2 Å². The van der Waals surface area contributed by atoms with Crippen molar-refractivity contribution >= 4 is 27.7 Å². The fourth-order valence-corrected chi connectivity index (χ4v) is 4.21. The zero-order valence-electron chi connectivity index (χ0n) is 16.4. The van der Waals surface area contributed by atoms with Crippen LogP contribution in [0.1, 0.15) is 27.2 Å². The van der Waals surface area contributed by atoms with E-state index in [2.05, 4.69) is 5.32 Å². The Morgan fingerprint density at radius 3 is 2.32 bits per heavy atom. The van der Waals surface area contributed by atoms with Gasteiger partial charge in [-0.3, -0.25) is 4.79 Å². The predicted octanol–water partition coefficient (Wildman–Crippen LogP) is 1.90. The molecular weight excluding hydrogens is 386 g/mol. The number of anilines is 1. The minimum atomic E-state index is -3.77. The number of rotatable bonds is 7. The van der Waals surface area contributed by atoms with E-state index >= 15 is 0 Å². The van der Waals surface area contributed by atoms with Crippen LogP contribution in [0.2, 0.25) is 0 Å². The molecule has 1 aliphatic heterocycles. The molecule has 0 saturated carbocycles. The van der Waals surface area contributed by atoms with Gasteiger partial charge in [-0.1, -0.05) is 6.92 Å². The van der Waals surface area contributed by atoms with E-state index in [4.69, 9.17) is 9.47 Å². The van der Waals surface area contributed by atoms with Crippen molar-refractivity contribution in [2.24, 2.45) is 0 Å². The summed E-state index contributed by atoms with van der Waals surface area (Å²) in [4.78, 5) is 25.1. The minimum Gasteiger partial charge on any atom is -0.492 e. The lowest BCUT2D eigenvalue weighted by Crippen LogP contribution is -2.50. The lowest BCUT2D eigenvalue weighted by atomic mass is 10.3. The lowest BCUT2D eigenvalue weighted by Gasteiger charge is -2.33. The highest BCUT2D eigenvalue weighted by Crippen LogP contribution is 2.30. The van der Waals surface area contributed by atoms with E-state index < -0.39 is 16.1 Å². The Labute approximate surface area is 165 Å². The van der Waals surface area contributed by atoms with Crippen LogP contribution < -0.4 is 10.1 Å². The third-order valence-corrected chi connectivity index (χ3v) is 6.14. The smallest absolute Gasteiger partial charge is 0.409 e. The summed E-state index contributed by atoms with van der Waals surface area (Å²) < 4.78 is 37.8. The van der Waals surface area contributed by atoms with Gasteiger partial charge < -0.3 is 19.7 Å². The molecule has 1 aromatic rings. The van der Waals surface area contributed by atoms with Crippen LogP contribution in [-0.4, -0.2) is 69.0 Å². The van der Waals surface area contributed by atoms with Crippen LogP contribution in [-0.2, 0) is 19.6 Å². The van der Waals surface area contributed by atoms with Crippen molar-refractivity contribution in [2.45, 2.75) is 32.1 Å². The number of nitrogens with one attached hydrogen (secondary N) is 1. The molecule has 0 spiro atoms. The Kier molecular flexibility index (Phi) is 7.64. The van der Waals surface area contributed by atoms with Gasteiger partial charge in [0.05, 0.1) is 23.8 Å². The monoisotopic (exact) mass is 413 g/mol. The second-order valence-electron chi connectivity index (χ2n) is 6.08. The molecule has 1 fully saturated rings. The molecule has 9 nitrogen and oxygen atoms in total. The molecular formula is C18H27N3O6S. The van der Waals surface area contributed by atoms with Gasteiger partial charge in [0, 0.05) is 32.6 Å². The van der Waals surface area contributed by atoms with Crippen LogP contribution >= 0.6 is 0 Å². The van der Waals surface area contributed by atoms with Crippen LogP contribution in [0, 0.1) is 0 Å². The first-order valence-electron chi connectivity index (χ1n) is 9.32. The molecule has 1 aromatic carbocycles. The number of nitrogens with zero attached hydrogens (tertiary/aromatic N) is 2. The first-order valence-corrected chi connectivity index (χ1v) is 10.8. The van der Waals surface area contributed by atoms with E-state index in [0.29, 0.717) is 18.0 Å². The molecule has 0 unspecified atom stereocenters. The summed E-state index contributed by atoms with van der Waals surface area (Å²) in [5.74, 6) is 0.175. The second kappa shape index (κ2) is 9.74. The van der Waals surface area contributed by atoms with Gasteiger partial charge in [0.2, 0.25) is 15.9 Å². The summed E-state index contributed by atoms with van der Waals surface area (Å²) in [6, 6.07) is 4.40. The molecule has 0 radical (unpaired) electrons. The van der Waals surface area contributed by atoms with Gasteiger partial charge in [0.25, 0.3) is 0 Å². The van der Waals surface area contributed by atoms with Gasteiger partial charge >= 0.3 is 6.09 Å². The number of carbonyl (C=O) groups is 2. The standard InChI is InChI=1S/C18H27N3O6S/c1-4-17(22)19-15-13-14(7-8-16(15)26-5-2)28(24,25)21-11-9-20(10-12-21)18(23)27-6-3/h7-8,13H,4-6,9-12H2,1-3H3,(H,19,22). The largest absolute Gasteiger partial charge is 0.492 e. The second-order valence-corrected chi connectivity index (χ2v) is 8.02. The highest BCUT2D eigenvalue weighted by Gasteiger charge is 2.31. The fourth-order valence-electron chi connectivity index (χ4n) is 2.76. The molecule has 1 aliphatic rings. The van der Waals surface area contributed by atoms with E-state index in [9.17, 15) is 18.0 Å². The molecule has 0 atom stereocenters. The third kappa shape index (κ3) is 5.14. The van der Waals surface area contributed by atoms with Crippen molar-refractivity contribution in [3.63, 3.8) is 0 Å². The van der Waals surface area contributed by atoms with E-state index in [1.807, 2.05) is 0 Å². The van der Waals surface area contributed by atoms with Gasteiger partial charge in [0.1, 0.15) is 5.75 Å². The van der Waals surface area contributed by atoms with Crippen molar-refractivity contribution in [3.8, 4) is 5.75 Å². The third-order valence-electron chi connectivity index (χ3n) is 4.25. The van der Waals surface area contributed by atoms with E-state index in [1.165, 1.54) is 27.4 Å². The highest BCUT2D eigenvalue weighted by atomic mass is 32.2. The van der Waals surface area contributed by atoms with Gasteiger partial charge in [-0.15, -0.1) is 0 Å². The van der Waals surface area contributed by atoms with Crippen LogP contribution in [0.5, 0.6) is 5.75 Å². The summed E-state index contributed by atoms with van der Waals surface area (Å²) >= 11 is 0. The molecule has 2 rings (SSSR count). The quantitative estimate of drug-likeness (QED) is 0.732. The molecule has 1 saturated heterocycles. The number of sulfonamides is 1. The van der Waals surface area contributed by atoms with Crippen LogP contribution in [0.4, 0.5) is 10.5 Å². The van der Waals surface area contributed by atoms with Crippen LogP contribution in [0.25, 0.3) is 0 Å². The molecule has 1 heterocycles. The average molecular weight is 413 g/mol. The molecule has 10 heteroatoms. The molecule has 0 aromatic heterocycles. The molecule has 2 amide bonds. The Balaban J connectivity index is 2.20. The number of ether oxygens (including phenoxy) is 2. The van der Waals surface area contributed by atoms with Gasteiger partial charge in [-0.2, -0.15) is 4.31 Å². The number of hydrogen-bond donors (Lipinski definition) is 1. The average Bonchev–Trinajstić information content (AvgIpc) is 2.69. The van der Waals surface area contributed by atoms with Gasteiger partial charge in [0.15, 0.2) is 0 Å². The lowest BCUT2D eigenvalue weighted by molar-refractivity contribution is -0.115. The molecule has 1 N–H and O–H groups in total. The van der Waals surface area contributed by atoms with Crippen molar-refractivity contribution in [1.82, 2.24) is 9.21 Å². The van der Waals surface area contributed by atoms with Crippen molar-refractivity contribution in [1.29, 1.82) is 0 Å². The van der Waals surface area contributed by atoms with Crippen molar-refractivity contribution in [2.75, 3.05) is 44.7 Å². The summed E-state index contributed by atoms with van der Waals surface area (Å²) in [5, 5.41) is 2.68. The molecule has 156 valence electrons. The highest BCUT2D eigenvalue weighted by molar-refractivity contribution is 7.89. The Bertz CT molecular complexity index is 804. The molecule has 0 bridgehead atoms. The maximum atomic E-state index is 13.0. The summed E-state index contributed by atoms with van der Waals surface area (Å²) in [5.41, 5.74) is 0.319. The van der Waals surface area contributed by atoms with E-state index in [0.717, 1.165) is 0 Å². The summed E-state index contributed by atoms with van der Waals surface area (Å²) in [6.07, 6.45) is -0.177. The Hall–Kier alpha value is -2.33. The topological polar surface area (TPSA) is 105 Å². The van der Waals surface area contributed by atoms with Gasteiger partial charge in [-0.05, 0) is 32.0 Å². The number of carbonyl (C=O) groups excluding carboxylic acids is 2. The Morgan fingerprint density at radius 1 is 1.07 bits per heavy atom. The first kappa shape index (κ1) is 22.0. The van der Waals surface area contributed by atoms with Crippen LogP contribution in [0.15, 0.2) is 23.1 Å². The zero-order valence-corrected chi connectivity index (χ0v) is 17.3. The van der Waals surface area contributed by atoms with Crippen molar-refractivity contribution in [3.05, 3.63) is 18.2 Å². The maximum Gasteiger partial charge on any atom is 0.409 e. The van der Waals surface area contributed by atoms with Crippen LogP contribution in [0.3, 0.4) is 0 Å². The molecule has 28 heavy (non-hydrogen) atoms. The number of amides is 2. The predicted molar refractivity (Wildman–Crippen MR) is 104 cm³/mol. The Morgan fingerprint density at radius 2 is 1.75 bits per heavy atom. The number of hydrogen-bond acceptors (Lipinski definition) is 6. The number of benzene rings is 1. The molecule has 0 aliphatic carbocycles. The first-order chi connectivity index (χ1) is 13.3. The van der Waals surface area contributed by atoms with E-state index in [1.54, 1.807) is 20.8 Å². The maximum absolute atomic E-state index is 13.0. The zero-order chi connectivity index (χ0) is 20.7. The summed E-state index contributed by atoms with van der Waals surface area (Å²) in [6.45, 7) is 6.75. The minimum absolute atomic E-state index is 0.0620. The number of piperazine rings is 1. The van der Waals surface area contributed by atoms with Crippen molar-refractivity contribution < 1.29 is 27.5 Å². The fraction of sp³-hybridized carbons (Fsp3) is 0.556. The summed E-state index contributed by atoms with van der Waals surface area (Å²) in [7, 11) is -3.77. The van der Waals surface area contributed by atoms with E-state index in [-0.39, 0.29) is 50.0 Å².